The van der Waals surface area contributed by atoms with Crippen LogP contribution in [0.3, 0.4) is 0 Å². The summed E-state index contributed by atoms with van der Waals surface area (Å²) in [4.78, 5) is 21.4. The third-order valence-electron chi connectivity index (χ3n) is 2.63. The minimum atomic E-state index is -1.58. The molecule has 1 aromatic carbocycles. The molecule has 6 heteroatoms. The molecule has 0 aliphatic heterocycles. The quantitative estimate of drug-likeness (QED) is 0.452. The van der Waals surface area contributed by atoms with Gasteiger partial charge in [-0.1, -0.05) is 24.3 Å². The Balaban J connectivity index is 3.12. The number of nitro benzene ring substituents is 1. The van der Waals surface area contributed by atoms with Crippen molar-refractivity contribution in [3.8, 4) is 0 Å². The highest BCUT2D eigenvalue weighted by atomic mass is 16.6. The lowest BCUT2D eigenvalue weighted by Crippen LogP contribution is -2.49. The smallest absolute Gasteiger partial charge is 0.324 e. The fraction of sp³-hybridized carbons (Fsp3) is 0.250. The van der Waals surface area contributed by atoms with Crippen LogP contribution in [-0.4, -0.2) is 21.5 Å². The zero-order valence-corrected chi connectivity index (χ0v) is 9.70. The van der Waals surface area contributed by atoms with E-state index in [0.29, 0.717) is 5.56 Å². The molecule has 0 aliphatic rings. The SMILES string of the molecule is C=CCC(N)(Cc1ccccc1[N+](=O)[O-])C(=O)O. The Morgan fingerprint density at radius 1 is 1.56 bits per heavy atom. The largest absolute Gasteiger partial charge is 0.480 e. The van der Waals surface area contributed by atoms with E-state index in [1.54, 1.807) is 6.07 Å². The zero-order chi connectivity index (χ0) is 13.8. The van der Waals surface area contributed by atoms with Gasteiger partial charge in [0.15, 0.2) is 0 Å². The van der Waals surface area contributed by atoms with Gasteiger partial charge in [0.1, 0.15) is 5.54 Å². The fourth-order valence-corrected chi connectivity index (χ4v) is 1.67. The fourth-order valence-electron chi connectivity index (χ4n) is 1.67. The van der Waals surface area contributed by atoms with Gasteiger partial charge in [-0.25, -0.2) is 0 Å². The van der Waals surface area contributed by atoms with Crippen LogP contribution < -0.4 is 5.73 Å². The predicted molar refractivity (Wildman–Crippen MR) is 66.2 cm³/mol. The highest BCUT2D eigenvalue weighted by Crippen LogP contribution is 2.24. The molecule has 1 aromatic rings. The third kappa shape index (κ3) is 2.92. The second-order valence-electron chi connectivity index (χ2n) is 4.02. The summed E-state index contributed by atoms with van der Waals surface area (Å²) in [6.45, 7) is 3.45. The molecular weight excluding hydrogens is 236 g/mol. The number of hydrogen-bond donors (Lipinski definition) is 2. The Morgan fingerprint density at radius 3 is 2.67 bits per heavy atom. The van der Waals surface area contributed by atoms with E-state index in [9.17, 15) is 14.9 Å². The van der Waals surface area contributed by atoms with Gasteiger partial charge in [0, 0.05) is 18.1 Å². The third-order valence-corrected chi connectivity index (χ3v) is 2.63. The summed E-state index contributed by atoms with van der Waals surface area (Å²) >= 11 is 0. The van der Waals surface area contributed by atoms with Crippen LogP contribution in [-0.2, 0) is 11.2 Å². The minimum Gasteiger partial charge on any atom is -0.480 e. The van der Waals surface area contributed by atoms with Crippen molar-refractivity contribution < 1.29 is 14.8 Å². The Bertz CT molecular complexity index is 487. The molecule has 6 nitrogen and oxygen atoms in total. The van der Waals surface area contributed by atoms with Crippen molar-refractivity contribution in [1.82, 2.24) is 0 Å². The van der Waals surface area contributed by atoms with Gasteiger partial charge >= 0.3 is 5.97 Å². The monoisotopic (exact) mass is 250 g/mol. The predicted octanol–water partition coefficient (Wildman–Crippen LogP) is 1.50. The number of carboxylic acids is 1. The Labute approximate surface area is 104 Å². The molecule has 3 N–H and O–H groups in total. The first-order valence-corrected chi connectivity index (χ1v) is 5.26. The standard InChI is InChI=1S/C12H14N2O4/c1-2-7-12(13,11(15)16)8-9-5-3-4-6-10(9)14(17)18/h2-6H,1,7-8,13H2,(H,15,16). The van der Waals surface area contributed by atoms with Crippen LogP contribution in [0.15, 0.2) is 36.9 Å². The number of benzene rings is 1. The molecule has 1 atom stereocenters. The average molecular weight is 250 g/mol. The number of rotatable bonds is 6. The molecule has 0 saturated heterocycles. The van der Waals surface area contributed by atoms with Crippen LogP contribution in [0.1, 0.15) is 12.0 Å². The van der Waals surface area contributed by atoms with E-state index in [4.69, 9.17) is 10.8 Å². The van der Waals surface area contributed by atoms with Gasteiger partial charge < -0.3 is 10.8 Å². The van der Waals surface area contributed by atoms with Gasteiger partial charge in [0.2, 0.25) is 0 Å². The summed E-state index contributed by atoms with van der Waals surface area (Å²) in [5.41, 5.74) is 4.36. The maximum absolute atomic E-state index is 11.2. The second kappa shape index (κ2) is 5.42. The van der Waals surface area contributed by atoms with Crippen molar-refractivity contribution in [2.45, 2.75) is 18.4 Å². The number of aliphatic carboxylic acids is 1. The van der Waals surface area contributed by atoms with Crippen molar-refractivity contribution in [1.29, 1.82) is 0 Å². The number of carboxylic acid groups (broad SMARTS) is 1. The molecular formula is C12H14N2O4. The summed E-state index contributed by atoms with van der Waals surface area (Å²) in [6.07, 6.45) is 1.31. The second-order valence-corrected chi connectivity index (χ2v) is 4.02. The van der Waals surface area contributed by atoms with Crippen molar-refractivity contribution in [2.75, 3.05) is 0 Å². The van der Waals surface area contributed by atoms with E-state index in [-0.39, 0.29) is 18.5 Å². The molecule has 0 heterocycles. The number of carbonyl (C=O) groups is 1. The molecule has 0 aliphatic carbocycles. The zero-order valence-electron chi connectivity index (χ0n) is 9.70. The van der Waals surface area contributed by atoms with Crippen molar-refractivity contribution in [3.05, 3.63) is 52.6 Å². The first-order chi connectivity index (χ1) is 8.40. The molecule has 0 bridgehead atoms. The van der Waals surface area contributed by atoms with Crippen LogP contribution in [0.4, 0.5) is 5.69 Å². The Hall–Kier alpha value is -2.21. The lowest BCUT2D eigenvalue weighted by molar-refractivity contribution is -0.385. The molecule has 0 fully saturated rings. The van der Waals surface area contributed by atoms with E-state index in [0.717, 1.165) is 0 Å². The number of hydrogen-bond acceptors (Lipinski definition) is 4. The van der Waals surface area contributed by atoms with Gasteiger partial charge in [-0.3, -0.25) is 14.9 Å². The van der Waals surface area contributed by atoms with Crippen LogP contribution in [0.2, 0.25) is 0 Å². The summed E-state index contributed by atoms with van der Waals surface area (Å²) in [5, 5.41) is 19.9. The van der Waals surface area contributed by atoms with Gasteiger partial charge in [-0.15, -0.1) is 6.58 Å². The summed E-state index contributed by atoms with van der Waals surface area (Å²) < 4.78 is 0. The summed E-state index contributed by atoms with van der Waals surface area (Å²) in [5.74, 6) is -1.21. The van der Waals surface area contributed by atoms with Crippen LogP contribution in [0.5, 0.6) is 0 Å². The summed E-state index contributed by atoms with van der Waals surface area (Å²) in [6, 6.07) is 5.96. The normalized spacial score (nSPS) is 13.6. The van der Waals surface area contributed by atoms with Crippen LogP contribution in [0, 0.1) is 10.1 Å². The highest BCUT2D eigenvalue weighted by molar-refractivity contribution is 5.79. The van der Waals surface area contributed by atoms with E-state index < -0.39 is 16.4 Å². The first-order valence-electron chi connectivity index (χ1n) is 5.26. The van der Waals surface area contributed by atoms with E-state index in [1.807, 2.05) is 0 Å². The maximum atomic E-state index is 11.2. The maximum Gasteiger partial charge on any atom is 0.324 e. The lowest BCUT2D eigenvalue weighted by atomic mass is 9.88. The van der Waals surface area contributed by atoms with Crippen molar-refractivity contribution >= 4 is 11.7 Å². The molecule has 0 radical (unpaired) electrons. The minimum absolute atomic E-state index is 0.0361. The molecule has 0 amide bonds. The van der Waals surface area contributed by atoms with Gasteiger partial charge in [0.05, 0.1) is 4.92 Å². The Morgan fingerprint density at radius 2 is 2.17 bits per heavy atom. The van der Waals surface area contributed by atoms with Gasteiger partial charge in [0.25, 0.3) is 5.69 Å². The van der Waals surface area contributed by atoms with Gasteiger partial charge in [-0.2, -0.15) is 0 Å². The average Bonchev–Trinajstić information content (AvgIpc) is 2.29. The van der Waals surface area contributed by atoms with E-state index >= 15 is 0 Å². The number of para-hydroxylation sites is 1. The van der Waals surface area contributed by atoms with E-state index in [1.165, 1.54) is 24.3 Å². The first kappa shape index (κ1) is 13.9. The number of nitro groups is 1. The molecule has 1 rings (SSSR count). The van der Waals surface area contributed by atoms with Crippen molar-refractivity contribution in [2.24, 2.45) is 5.73 Å². The lowest BCUT2D eigenvalue weighted by Gasteiger charge is -2.22. The molecule has 1 unspecified atom stereocenters. The topological polar surface area (TPSA) is 106 Å². The molecule has 0 saturated carbocycles. The van der Waals surface area contributed by atoms with Crippen molar-refractivity contribution in [3.63, 3.8) is 0 Å². The molecule has 0 aromatic heterocycles. The van der Waals surface area contributed by atoms with Gasteiger partial charge in [-0.05, 0) is 6.42 Å². The van der Waals surface area contributed by atoms with Crippen LogP contribution >= 0.6 is 0 Å². The number of nitrogens with two attached hydrogens (primary N) is 1. The molecule has 96 valence electrons. The van der Waals surface area contributed by atoms with E-state index in [2.05, 4.69) is 6.58 Å². The number of nitrogens with zero attached hydrogens (tertiary/aromatic N) is 1. The Kier molecular flexibility index (Phi) is 4.17. The molecule has 18 heavy (non-hydrogen) atoms. The van der Waals surface area contributed by atoms with Crippen LogP contribution in [0.25, 0.3) is 0 Å². The summed E-state index contributed by atoms with van der Waals surface area (Å²) in [7, 11) is 0. The molecule has 0 spiro atoms. The highest BCUT2D eigenvalue weighted by Gasteiger charge is 2.34.